The summed E-state index contributed by atoms with van der Waals surface area (Å²) in [6.07, 6.45) is 4.58. The topological polar surface area (TPSA) is 47.6 Å². The van der Waals surface area contributed by atoms with Crippen LogP contribution >= 0.6 is 0 Å². The third-order valence-corrected chi connectivity index (χ3v) is 4.14. The minimum absolute atomic E-state index is 0.0334. The van der Waals surface area contributed by atoms with Crippen molar-refractivity contribution in [1.82, 2.24) is 5.32 Å². The number of rotatable bonds is 5. The van der Waals surface area contributed by atoms with E-state index in [0.29, 0.717) is 23.1 Å². The second-order valence-electron chi connectivity index (χ2n) is 6.46. The molecule has 22 heavy (non-hydrogen) atoms. The van der Waals surface area contributed by atoms with Gasteiger partial charge in [-0.05, 0) is 63.6 Å². The lowest BCUT2D eigenvalue weighted by molar-refractivity contribution is 0.0922. The van der Waals surface area contributed by atoms with Gasteiger partial charge in [0.15, 0.2) is 11.5 Å². The van der Waals surface area contributed by atoms with E-state index in [-0.39, 0.29) is 12.0 Å². The smallest absolute Gasteiger partial charge is 0.251 e. The van der Waals surface area contributed by atoms with Gasteiger partial charge in [0.25, 0.3) is 5.91 Å². The molecule has 0 aromatic heterocycles. The van der Waals surface area contributed by atoms with Crippen molar-refractivity contribution in [1.29, 1.82) is 0 Å². The molecule has 4 heteroatoms. The zero-order chi connectivity index (χ0) is 16.1. The first kappa shape index (κ1) is 16.7. The first-order chi connectivity index (χ1) is 10.5. The molecule has 0 spiro atoms. The molecule has 1 fully saturated rings. The Hall–Kier alpha value is -1.71. The van der Waals surface area contributed by atoms with E-state index in [4.69, 9.17) is 9.47 Å². The van der Waals surface area contributed by atoms with Crippen LogP contribution in [0.5, 0.6) is 11.5 Å². The number of hydrogen-bond acceptors (Lipinski definition) is 3. The third kappa shape index (κ3) is 4.39. The van der Waals surface area contributed by atoms with Crippen LogP contribution in [0.1, 0.15) is 56.8 Å². The molecule has 0 atom stereocenters. The van der Waals surface area contributed by atoms with Crippen LogP contribution in [0, 0.1) is 5.92 Å². The molecule has 0 unspecified atom stereocenters. The van der Waals surface area contributed by atoms with E-state index in [1.807, 2.05) is 13.8 Å². The molecule has 122 valence electrons. The lowest BCUT2D eigenvalue weighted by Crippen LogP contribution is -2.37. The Morgan fingerprint density at radius 1 is 1.18 bits per heavy atom. The lowest BCUT2D eigenvalue weighted by Gasteiger charge is -2.27. The van der Waals surface area contributed by atoms with Gasteiger partial charge in [-0.3, -0.25) is 4.79 Å². The Labute approximate surface area is 133 Å². The molecule has 0 heterocycles. The maximum atomic E-state index is 12.4. The molecule has 4 nitrogen and oxygen atoms in total. The number of ether oxygens (including phenoxy) is 2. The van der Waals surface area contributed by atoms with Crippen molar-refractivity contribution in [2.45, 2.75) is 58.6 Å². The highest BCUT2D eigenvalue weighted by molar-refractivity contribution is 5.95. The van der Waals surface area contributed by atoms with E-state index in [0.717, 1.165) is 18.8 Å². The van der Waals surface area contributed by atoms with Gasteiger partial charge in [-0.2, -0.15) is 0 Å². The molecule has 1 saturated carbocycles. The van der Waals surface area contributed by atoms with Crippen LogP contribution in [0.4, 0.5) is 0 Å². The Bertz CT molecular complexity index is 505. The summed E-state index contributed by atoms with van der Waals surface area (Å²) in [6.45, 7) is 6.20. The van der Waals surface area contributed by atoms with Crippen molar-refractivity contribution < 1.29 is 14.3 Å². The van der Waals surface area contributed by atoms with E-state index < -0.39 is 0 Å². The number of methoxy groups -OCH3 is 1. The minimum Gasteiger partial charge on any atom is -0.493 e. The molecule has 1 amide bonds. The Kier molecular flexibility index (Phi) is 5.69. The van der Waals surface area contributed by atoms with Gasteiger partial charge in [0, 0.05) is 11.6 Å². The monoisotopic (exact) mass is 305 g/mol. The normalized spacial score (nSPS) is 21.5. The molecule has 1 aliphatic rings. The van der Waals surface area contributed by atoms with Crippen LogP contribution in [-0.2, 0) is 0 Å². The quantitative estimate of drug-likeness (QED) is 0.900. The van der Waals surface area contributed by atoms with E-state index in [9.17, 15) is 4.79 Å². The number of carbonyl (C=O) groups is 1. The fourth-order valence-electron chi connectivity index (χ4n) is 2.83. The van der Waals surface area contributed by atoms with Gasteiger partial charge in [0.1, 0.15) is 0 Å². The van der Waals surface area contributed by atoms with Gasteiger partial charge in [-0.25, -0.2) is 0 Å². The number of carbonyl (C=O) groups excluding carboxylic acids is 1. The standard InChI is InChI=1S/C18H27NO3/c1-12(2)22-16-10-7-14(11-17(16)21-4)18(20)19-15-8-5-13(3)6-9-15/h7,10-13,15H,5-6,8-9H2,1-4H3,(H,19,20). The van der Waals surface area contributed by atoms with Gasteiger partial charge < -0.3 is 14.8 Å². The Morgan fingerprint density at radius 2 is 1.86 bits per heavy atom. The zero-order valence-electron chi connectivity index (χ0n) is 14.0. The summed E-state index contributed by atoms with van der Waals surface area (Å²) >= 11 is 0. The molecule has 0 aliphatic heterocycles. The van der Waals surface area contributed by atoms with Gasteiger partial charge in [-0.15, -0.1) is 0 Å². The Balaban J connectivity index is 2.03. The number of amides is 1. The molecule has 1 N–H and O–H groups in total. The highest BCUT2D eigenvalue weighted by Gasteiger charge is 2.21. The summed E-state index contributed by atoms with van der Waals surface area (Å²) in [6, 6.07) is 5.64. The van der Waals surface area contributed by atoms with Gasteiger partial charge in [0.2, 0.25) is 0 Å². The number of nitrogens with one attached hydrogen (secondary N) is 1. The Morgan fingerprint density at radius 3 is 2.45 bits per heavy atom. The van der Waals surface area contributed by atoms with Crippen molar-refractivity contribution in [3.63, 3.8) is 0 Å². The predicted octanol–water partition coefficient (Wildman–Crippen LogP) is 3.79. The van der Waals surface area contributed by atoms with Gasteiger partial charge >= 0.3 is 0 Å². The number of benzene rings is 1. The van der Waals surface area contributed by atoms with Crippen molar-refractivity contribution in [2.75, 3.05) is 7.11 Å². The zero-order valence-corrected chi connectivity index (χ0v) is 14.0. The number of hydrogen-bond donors (Lipinski definition) is 1. The van der Waals surface area contributed by atoms with Crippen LogP contribution in [0.3, 0.4) is 0 Å². The molecule has 0 saturated heterocycles. The van der Waals surface area contributed by atoms with Crippen molar-refractivity contribution >= 4 is 5.91 Å². The van der Waals surface area contributed by atoms with E-state index in [2.05, 4.69) is 12.2 Å². The SMILES string of the molecule is COc1cc(C(=O)NC2CCC(C)CC2)ccc1OC(C)C. The van der Waals surface area contributed by atoms with Crippen LogP contribution in [0.25, 0.3) is 0 Å². The average Bonchev–Trinajstić information content (AvgIpc) is 2.49. The van der Waals surface area contributed by atoms with Crippen molar-refractivity contribution in [3.8, 4) is 11.5 Å². The second kappa shape index (κ2) is 7.52. The average molecular weight is 305 g/mol. The van der Waals surface area contributed by atoms with Crippen molar-refractivity contribution in [3.05, 3.63) is 23.8 Å². The molecule has 0 radical (unpaired) electrons. The molecule has 0 bridgehead atoms. The maximum absolute atomic E-state index is 12.4. The van der Waals surface area contributed by atoms with E-state index in [1.54, 1.807) is 25.3 Å². The van der Waals surface area contributed by atoms with Crippen molar-refractivity contribution in [2.24, 2.45) is 5.92 Å². The summed E-state index contributed by atoms with van der Waals surface area (Å²) in [5.74, 6) is 2.01. The van der Waals surface area contributed by atoms with E-state index >= 15 is 0 Å². The predicted molar refractivity (Wildman–Crippen MR) is 87.6 cm³/mol. The summed E-state index contributed by atoms with van der Waals surface area (Å²) in [5.41, 5.74) is 0.617. The summed E-state index contributed by atoms with van der Waals surface area (Å²) in [7, 11) is 1.59. The van der Waals surface area contributed by atoms with E-state index in [1.165, 1.54) is 12.8 Å². The maximum Gasteiger partial charge on any atom is 0.251 e. The van der Waals surface area contributed by atoms with Crippen LogP contribution in [0.15, 0.2) is 18.2 Å². The third-order valence-electron chi connectivity index (χ3n) is 4.14. The van der Waals surface area contributed by atoms with Gasteiger partial charge in [-0.1, -0.05) is 6.92 Å². The molecular weight excluding hydrogens is 278 g/mol. The van der Waals surface area contributed by atoms with Crippen LogP contribution < -0.4 is 14.8 Å². The highest BCUT2D eigenvalue weighted by Crippen LogP contribution is 2.29. The lowest BCUT2D eigenvalue weighted by atomic mass is 9.87. The largest absolute Gasteiger partial charge is 0.493 e. The molecular formula is C18H27NO3. The fraction of sp³-hybridized carbons (Fsp3) is 0.611. The first-order valence-electron chi connectivity index (χ1n) is 8.15. The van der Waals surface area contributed by atoms with Crippen LogP contribution in [0.2, 0.25) is 0 Å². The van der Waals surface area contributed by atoms with Crippen LogP contribution in [-0.4, -0.2) is 25.2 Å². The molecule has 1 aliphatic carbocycles. The summed E-state index contributed by atoms with van der Waals surface area (Å²) in [4.78, 5) is 12.4. The highest BCUT2D eigenvalue weighted by atomic mass is 16.5. The molecule has 1 aromatic carbocycles. The van der Waals surface area contributed by atoms with Gasteiger partial charge in [0.05, 0.1) is 13.2 Å². The summed E-state index contributed by atoms with van der Waals surface area (Å²) in [5, 5.41) is 3.13. The first-order valence-corrected chi connectivity index (χ1v) is 8.15. The summed E-state index contributed by atoms with van der Waals surface area (Å²) < 4.78 is 11.0. The fourth-order valence-corrected chi connectivity index (χ4v) is 2.83. The minimum atomic E-state index is -0.0334. The molecule has 2 rings (SSSR count). The second-order valence-corrected chi connectivity index (χ2v) is 6.46. The molecule has 1 aromatic rings.